The van der Waals surface area contributed by atoms with Gasteiger partial charge in [-0.25, -0.2) is 9.97 Å². The lowest BCUT2D eigenvalue weighted by molar-refractivity contribution is 0.665. The highest BCUT2D eigenvalue weighted by molar-refractivity contribution is 5.61. The first-order valence-corrected chi connectivity index (χ1v) is 6.77. The van der Waals surface area contributed by atoms with Crippen molar-refractivity contribution >= 4 is 5.82 Å². The number of fused-ring (bicyclic) bond motifs is 1. The van der Waals surface area contributed by atoms with E-state index in [1.165, 1.54) is 24.1 Å². The number of aryl methyl sites for hydroxylation is 2. The minimum absolute atomic E-state index is 0.788. The molecule has 1 aliphatic carbocycles. The van der Waals surface area contributed by atoms with Crippen molar-refractivity contribution in [3.05, 3.63) is 23.1 Å². The monoisotopic (exact) mass is 257 g/mol. The fourth-order valence-corrected chi connectivity index (χ4v) is 2.64. The molecule has 0 saturated heterocycles. The molecule has 100 valence electrons. The van der Waals surface area contributed by atoms with Gasteiger partial charge in [0.25, 0.3) is 0 Å². The number of nitrogens with zero attached hydrogens (tertiary/aromatic N) is 4. The fourth-order valence-electron chi connectivity index (χ4n) is 2.64. The van der Waals surface area contributed by atoms with Crippen LogP contribution < -0.4 is 5.32 Å². The van der Waals surface area contributed by atoms with Crippen LogP contribution in [-0.4, -0.2) is 26.8 Å². The maximum Gasteiger partial charge on any atom is 0.165 e. The Morgan fingerprint density at radius 2 is 2.00 bits per heavy atom. The molecule has 1 aliphatic rings. The van der Waals surface area contributed by atoms with Gasteiger partial charge in [0.15, 0.2) is 5.82 Å². The second kappa shape index (κ2) is 4.64. The molecule has 3 rings (SSSR count). The van der Waals surface area contributed by atoms with Crippen LogP contribution in [0, 0.1) is 6.92 Å². The van der Waals surface area contributed by atoms with Crippen LogP contribution in [0.15, 0.2) is 6.20 Å². The molecule has 2 heterocycles. The molecule has 19 heavy (non-hydrogen) atoms. The molecule has 5 nitrogen and oxygen atoms in total. The van der Waals surface area contributed by atoms with E-state index in [-0.39, 0.29) is 0 Å². The minimum Gasteiger partial charge on any atom is -0.373 e. The molecule has 2 aromatic rings. The molecular formula is C14H19N5. The Morgan fingerprint density at radius 3 is 2.68 bits per heavy atom. The Morgan fingerprint density at radius 1 is 1.21 bits per heavy atom. The first-order chi connectivity index (χ1) is 9.20. The number of nitrogens with one attached hydrogen (secondary N) is 1. The average Bonchev–Trinajstić information content (AvgIpc) is 2.78. The normalized spacial score (nSPS) is 14.3. The second-order valence-corrected chi connectivity index (χ2v) is 5.05. The summed E-state index contributed by atoms with van der Waals surface area (Å²) in [5.41, 5.74) is 4.60. The third kappa shape index (κ3) is 1.99. The van der Waals surface area contributed by atoms with Gasteiger partial charge in [0.05, 0.1) is 11.8 Å². The SMILES string of the molecule is CNc1nc(-c2cnn(C)c2C)nc2c1CCCC2. The number of anilines is 1. The zero-order valence-corrected chi connectivity index (χ0v) is 11.7. The van der Waals surface area contributed by atoms with Crippen molar-refractivity contribution in [2.45, 2.75) is 32.6 Å². The van der Waals surface area contributed by atoms with E-state index >= 15 is 0 Å². The summed E-state index contributed by atoms with van der Waals surface area (Å²) in [4.78, 5) is 9.44. The quantitative estimate of drug-likeness (QED) is 0.895. The van der Waals surface area contributed by atoms with Crippen LogP contribution in [0.5, 0.6) is 0 Å². The highest BCUT2D eigenvalue weighted by Gasteiger charge is 2.19. The molecule has 0 aromatic carbocycles. The van der Waals surface area contributed by atoms with Crippen molar-refractivity contribution in [2.75, 3.05) is 12.4 Å². The molecule has 0 radical (unpaired) electrons. The Labute approximate surface area is 113 Å². The fraction of sp³-hybridized carbons (Fsp3) is 0.500. The van der Waals surface area contributed by atoms with Crippen molar-refractivity contribution in [1.82, 2.24) is 19.7 Å². The van der Waals surface area contributed by atoms with E-state index in [4.69, 9.17) is 4.98 Å². The van der Waals surface area contributed by atoms with Gasteiger partial charge in [-0.3, -0.25) is 4.68 Å². The summed E-state index contributed by atoms with van der Waals surface area (Å²) in [6.07, 6.45) is 6.44. The molecule has 1 N–H and O–H groups in total. The van der Waals surface area contributed by atoms with Gasteiger partial charge in [-0.05, 0) is 32.6 Å². The average molecular weight is 257 g/mol. The molecule has 0 saturated carbocycles. The molecule has 0 amide bonds. The van der Waals surface area contributed by atoms with Crippen molar-refractivity contribution in [2.24, 2.45) is 7.05 Å². The van der Waals surface area contributed by atoms with Gasteiger partial charge >= 0.3 is 0 Å². The van der Waals surface area contributed by atoms with E-state index in [1.807, 2.05) is 31.9 Å². The molecule has 0 bridgehead atoms. The lowest BCUT2D eigenvalue weighted by atomic mass is 9.96. The zero-order valence-electron chi connectivity index (χ0n) is 11.7. The molecular weight excluding hydrogens is 238 g/mol. The maximum absolute atomic E-state index is 4.76. The van der Waals surface area contributed by atoms with Gasteiger partial charge in [-0.15, -0.1) is 0 Å². The summed E-state index contributed by atoms with van der Waals surface area (Å²) in [5.74, 6) is 1.76. The van der Waals surface area contributed by atoms with E-state index in [9.17, 15) is 0 Å². The Kier molecular flexibility index (Phi) is 2.97. The first-order valence-electron chi connectivity index (χ1n) is 6.77. The molecule has 0 unspecified atom stereocenters. The van der Waals surface area contributed by atoms with Gasteiger partial charge in [-0.1, -0.05) is 0 Å². The van der Waals surface area contributed by atoms with Crippen molar-refractivity contribution in [3.8, 4) is 11.4 Å². The Hall–Kier alpha value is -1.91. The van der Waals surface area contributed by atoms with Gasteiger partial charge in [0.1, 0.15) is 5.82 Å². The van der Waals surface area contributed by atoms with E-state index in [2.05, 4.69) is 15.4 Å². The van der Waals surface area contributed by atoms with Crippen LogP contribution in [0.4, 0.5) is 5.82 Å². The van der Waals surface area contributed by atoms with Gasteiger partial charge in [-0.2, -0.15) is 5.10 Å². The molecule has 0 atom stereocenters. The molecule has 0 fully saturated rings. The summed E-state index contributed by atoms with van der Waals surface area (Å²) in [6, 6.07) is 0. The third-order valence-corrected chi connectivity index (χ3v) is 3.90. The summed E-state index contributed by atoms with van der Waals surface area (Å²) < 4.78 is 1.86. The van der Waals surface area contributed by atoms with Crippen LogP contribution in [0.2, 0.25) is 0 Å². The summed E-state index contributed by atoms with van der Waals surface area (Å²) >= 11 is 0. The lowest BCUT2D eigenvalue weighted by Crippen LogP contribution is -2.12. The van der Waals surface area contributed by atoms with Crippen LogP contribution in [-0.2, 0) is 19.9 Å². The lowest BCUT2D eigenvalue weighted by Gasteiger charge is -2.18. The first kappa shape index (κ1) is 12.1. The Balaban J connectivity index is 2.15. The molecule has 0 spiro atoms. The number of hydrogen-bond donors (Lipinski definition) is 1. The maximum atomic E-state index is 4.76. The molecule has 5 heteroatoms. The summed E-state index contributed by atoms with van der Waals surface area (Å²) in [5, 5.41) is 7.49. The van der Waals surface area contributed by atoms with Crippen LogP contribution in [0.1, 0.15) is 29.8 Å². The van der Waals surface area contributed by atoms with Crippen molar-refractivity contribution in [3.63, 3.8) is 0 Å². The third-order valence-electron chi connectivity index (χ3n) is 3.90. The van der Waals surface area contributed by atoms with Crippen molar-refractivity contribution in [1.29, 1.82) is 0 Å². The van der Waals surface area contributed by atoms with E-state index in [0.717, 1.165) is 35.7 Å². The second-order valence-electron chi connectivity index (χ2n) is 5.05. The smallest absolute Gasteiger partial charge is 0.165 e. The molecule has 2 aromatic heterocycles. The Bertz CT molecular complexity index is 597. The van der Waals surface area contributed by atoms with E-state index < -0.39 is 0 Å². The molecule has 0 aliphatic heterocycles. The van der Waals surface area contributed by atoms with Crippen LogP contribution in [0.25, 0.3) is 11.4 Å². The highest BCUT2D eigenvalue weighted by atomic mass is 15.3. The van der Waals surface area contributed by atoms with Crippen LogP contribution >= 0.6 is 0 Å². The topological polar surface area (TPSA) is 55.6 Å². The van der Waals surface area contributed by atoms with Gasteiger partial charge in [0.2, 0.25) is 0 Å². The van der Waals surface area contributed by atoms with Crippen molar-refractivity contribution < 1.29 is 0 Å². The summed E-state index contributed by atoms with van der Waals surface area (Å²) in [7, 11) is 3.87. The predicted molar refractivity (Wildman–Crippen MR) is 75.2 cm³/mol. The van der Waals surface area contributed by atoms with Gasteiger partial charge in [0, 0.05) is 31.0 Å². The zero-order chi connectivity index (χ0) is 13.4. The number of aromatic nitrogens is 4. The van der Waals surface area contributed by atoms with E-state index in [1.54, 1.807) is 0 Å². The van der Waals surface area contributed by atoms with Crippen LogP contribution in [0.3, 0.4) is 0 Å². The van der Waals surface area contributed by atoms with E-state index in [0.29, 0.717) is 0 Å². The van der Waals surface area contributed by atoms with Gasteiger partial charge < -0.3 is 5.32 Å². The summed E-state index contributed by atoms with van der Waals surface area (Å²) in [6.45, 7) is 2.05. The highest BCUT2D eigenvalue weighted by Crippen LogP contribution is 2.29. The predicted octanol–water partition coefficient (Wildman–Crippen LogP) is 2.11. The number of hydrogen-bond acceptors (Lipinski definition) is 4. The minimum atomic E-state index is 0.788. The standard InChI is InChI=1S/C14H19N5/c1-9-11(8-16-19(9)3)14-17-12-7-5-4-6-10(12)13(15-2)18-14/h8H,4-7H2,1-3H3,(H,15,17,18). The number of rotatable bonds is 2. The largest absolute Gasteiger partial charge is 0.373 e.